The van der Waals surface area contributed by atoms with E-state index in [4.69, 9.17) is 10.5 Å². The number of methoxy groups -OCH3 is 1. The average molecular weight is 362 g/mol. The monoisotopic (exact) mass is 362 g/mol. The zero-order valence-corrected chi connectivity index (χ0v) is 15.0. The Balaban J connectivity index is 2.47. The van der Waals surface area contributed by atoms with Gasteiger partial charge >= 0.3 is 0 Å². The van der Waals surface area contributed by atoms with Gasteiger partial charge in [-0.25, -0.2) is 16.8 Å². The van der Waals surface area contributed by atoms with Crippen molar-refractivity contribution in [2.75, 3.05) is 26.5 Å². The van der Waals surface area contributed by atoms with E-state index in [1.54, 1.807) is 0 Å². The summed E-state index contributed by atoms with van der Waals surface area (Å²) in [6.07, 6.45) is 1.72. The minimum atomic E-state index is -3.84. The quantitative estimate of drug-likeness (QED) is 0.815. The molecule has 1 aliphatic heterocycles. The number of benzene rings is 1. The molecule has 0 amide bonds. The van der Waals surface area contributed by atoms with Gasteiger partial charge in [-0.1, -0.05) is 0 Å². The van der Waals surface area contributed by atoms with Crippen molar-refractivity contribution in [2.24, 2.45) is 11.7 Å². The highest BCUT2D eigenvalue weighted by Crippen LogP contribution is 2.32. The number of hydrogen-bond donors (Lipinski definition) is 1. The predicted octanol–water partition coefficient (Wildman–Crippen LogP) is 0.457. The molecule has 0 radical (unpaired) electrons. The number of hydrogen-bond acceptors (Lipinski definition) is 6. The maximum Gasteiger partial charge on any atom is 0.246 e. The SMILES string of the molecule is COc1ccc(S(C)(=O)=O)cc1S(=O)(=O)N1CCC(C(C)N)C1. The number of rotatable bonds is 5. The molecule has 1 heterocycles. The maximum atomic E-state index is 12.9. The standard InChI is InChI=1S/C14H22N2O5S2/c1-10(15)11-6-7-16(9-11)23(19,20)14-8-12(22(3,17)18)4-5-13(14)21-2/h4-5,8,10-11H,6-7,9,15H2,1-3H3. The van der Waals surface area contributed by atoms with Crippen LogP contribution in [0.5, 0.6) is 5.75 Å². The van der Waals surface area contributed by atoms with Crippen LogP contribution in [0.3, 0.4) is 0 Å². The van der Waals surface area contributed by atoms with Crippen LogP contribution in [0.4, 0.5) is 0 Å². The minimum absolute atomic E-state index is 0.0557. The highest BCUT2D eigenvalue weighted by Gasteiger charge is 2.36. The fourth-order valence-electron chi connectivity index (χ4n) is 2.63. The normalized spacial score (nSPS) is 21.3. The van der Waals surface area contributed by atoms with Crippen molar-refractivity contribution in [2.45, 2.75) is 29.2 Å². The molecular weight excluding hydrogens is 340 g/mol. The molecule has 2 unspecified atom stereocenters. The molecule has 1 saturated heterocycles. The van der Waals surface area contributed by atoms with Gasteiger partial charge in [0.15, 0.2) is 9.84 Å². The molecule has 0 bridgehead atoms. The largest absolute Gasteiger partial charge is 0.495 e. The third kappa shape index (κ3) is 3.68. The first-order chi connectivity index (χ1) is 10.6. The first kappa shape index (κ1) is 18.2. The van der Waals surface area contributed by atoms with Crippen molar-refractivity contribution >= 4 is 19.9 Å². The van der Waals surface area contributed by atoms with Crippen LogP contribution in [0, 0.1) is 5.92 Å². The number of sulfone groups is 1. The van der Waals surface area contributed by atoms with Crippen molar-refractivity contribution in [3.8, 4) is 5.75 Å². The summed E-state index contributed by atoms with van der Waals surface area (Å²) in [5, 5.41) is 0. The van der Waals surface area contributed by atoms with Gasteiger partial charge < -0.3 is 10.5 Å². The fourth-order valence-corrected chi connectivity index (χ4v) is 5.04. The molecule has 23 heavy (non-hydrogen) atoms. The molecule has 1 aromatic carbocycles. The van der Waals surface area contributed by atoms with E-state index in [1.165, 1.54) is 23.5 Å². The molecule has 0 saturated carbocycles. The van der Waals surface area contributed by atoms with Gasteiger partial charge in [0, 0.05) is 25.4 Å². The Morgan fingerprint density at radius 1 is 1.30 bits per heavy atom. The Morgan fingerprint density at radius 3 is 2.43 bits per heavy atom. The van der Waals surface area contributed by atoms with Gasteiger partial charge in [0.25, 0.3) is 0 Å². The second-order valence-corrected chi connectivity index (χ2v) is 9.78. The van der Waals surface area contributed by atoms with Crippen LogP contribution >= 0.6 is 0 Å². The van der Waals surface area contributed by atoms with Gasteiger partial charge in [-0.05, 0) is 37.5 Å². The summed E-state index contributed by atoms with van der Waals surface area (Å²) >= 11 is 0. The van der Waals surface area contributed by atoms with Gasteiger partial charge in [0.1, 0.15) is 10.6 Å². The van der Waals surface area contributed by atoms with E-state index in [2.05, 4.69) is 0 Å². The Hall–Kier alpha value is -1.16. The summed E-state index contributed by atoms with van der Waals surface area (Å²) in [5.74, 6) is 0.218. The lowest BCUT2D eigenvalue weighted by Crippen LogP contribution is -2.33. The first-order valence-electron chi connectivity index (χ1n) is 7.21. The summed E-state index contributed by atoms with van der Waals surface area (Å²) in [5.41, 5.74) is 5.85. The smallest absolute Gasteiger partial charge is 0.246 e. The van der Waals surface area contributed by atoms with E-state index in [-0.39, 0.29) is 27.5 Å². The van der Waals surface area contributed by atoms with Crippen LogP contribution in [0.15, 0.2) is 28.0 Å². The second kappa shape index (κ2) is 6.39. The molecule has 0 spiro atoms. The van der Waals surface area contributed by atoms with Gasteiger partial charge in [0.2, 0.25) is 10.0 Å². The molecule has 2 N–H and O–H groups in total. The molecule has 7 nitrogen and oxygen atoms in total. The molecule has 0 aromatic heterocycles. The molecule has 0 aliphatic carbocycles. The number of sulfonamides is 1. The highest BCUT2D eigenvalue weighted by atomic mass is 32.2. The van der Waals surface area contributed by atoms with Crippen LogP contribution in [0.25, 0.3) is 0 Å². The minimum Gasteiger partial charge on any atom is -0.495 e. The lowest BCUT2D eigenvalue weighted by molar-refractivity contribution is 0.394. The second-order valence-electron chi connectivity index (χ2n) is 5.86. The zero-order chi connectivity index (χ0) is 17.4. The topological polar surface area (TPSA) is 107 Å². The number of ether oxygens (including phenoxy) is 1. The third-order valence-electron chi connectivity index (χ3n) is 4.11. The Kier molecular flexibility index (Phi) is 5.05. The molecule has 1 fully saturated rings. The zero-order valence-electron chi connectivity index (χ0n) is 13.4. The molecular formula is C14H22N2O5S2. The third-order valence-corrected chi connectivity index (χ3v) is 7.11. The van der Waals surface area contributed by atoms with E-state index in [0.717, 1.165) is 12.3 Å². The first-order valence-corrected chi connectivity index (χ1v) is 10.5. The van der Waals surface area contributed by atoms with Crippen molar-refractivity contribution < 1.29 is 21.6 Å². The molecule has 2 rings (SSSR count). The maximum absolute atomic E-state index is 12.9. The Bertz CT molecular complexity index is 787. The number of nitrogens with zero attached hydrogens (tertiary/aromatic N) is 1. The summed E-state index contributed by atoms with van der Waals surface area (Å²) < 4.78 is 55.6. The van der Waals surface area contributed by atoms with Crippen LogP contribution in [-0.2, 0) is 19.9 Å². The summed E-state index contributed by atoms with van der Waals surface area (Å²) in [4.78, 5) is -0.187. The molecule has 2 atom stereocenters. The Labute approximate surface area is 137 Å². The van der Waals surface area contributed by atoms with Crippen LogP contribution in [-0.4, -0.2) is 53.6 Å². The van der Waals surface area contributed by atoms with E-state index in [1.807, 2.05) is 6.92 Å². The van der Waals surface area contributed by atoms with Crippen LogP contribution < -0.4 is 10.5 Å². The van der Waals surface area contributed by atoms with Crippen molar-refractivity contribution in [1.29, 1.82) is 0 Å². The van der Waals surface area contributed by atoms with E-state index < -0.39 is 19.9 Å². The van der Waals surface area contributed by atoms with Crippen LogP contribution in [0.2, 0.25) is 0 Å². The van der Waals surface area contributed by atoms with E-state index in [9.17, 15) is 16.8 Å². The average Bonchev–Trinajstić information content (AvgIpc) is 2.96. The summed E-state index contributed by atoms with van der Waals surface area (Å²) in [6, 6.07) is 3.76. The fraction of sp³-hybridized carbons (Fsp3) is 0.571. The predicted molar refractivity (Wildman–Crippen MR) is 86.6 cm³/mol. The Morgan fingerprint density at radius 2 is 1.96 bits per heavy atom. The lowest BCUT2D eigenvalue weighted by Gasteiger charge is -2.20. The molecule has 1 aromatic rings. The van der Waals surface area contributed by atoms with Crippen molar-refractivity contribution in [3.63, 3.8) is 0 Å². The van der Waals surface area contributed by atoms with Gasteiger partial charge in [-0.15, -0.1) is 0 Å². The highest BCUT2D eigenvalue weighted by molar-refractivity contribution is 7.91. The van der Waals surface area contributed by atoms with E-state index in [0.29, 0.717) is 19.5 Å². The van der Waals surface area contributed by atoms with Gasteiger partial charge in [0.05, 0.1) is 12.0 Å². The van der Waals surface area contributed by atoms with E-state index >= 15 is 0 Å². The lowest BCUT2D eigenvalue weighted by atomic mass is 10.0. The van der Waals surface area contributed by atoms with Gasteiger partial charge in [-0.3, -0.25) is 0 Å². The summed E-state index contributed by atoms with van der Waals surface area (Å²) in [7, 11) is -6.01. The summed E-state index contributed by atoms with van der Waals surface area (Å²) in [6.45, 7) is 2.54. The molecule has 1 aliphatic rings. The van der Waals surface area contributed by atoms with Crippen molar-refractivity contribution in [1.82, 2.24) is 4.31 Å². The number of nitrogens with two attached hydrogens (primary N) is 1. The van der Waals surface area contributed by atoms with Crippen molar-refractivity contribution in [3.05, 3.63) is 18.2 Å². The van der Waals surface area contributed by atoms with Gasteiger partial charge in [-0.2, -0.15) is 4.31 Å². The van der Waals surface area contributed by atoms with Crippen LogP contribution in [0.1, 0.15) is 13.3 Å². The molecule has 130 valence electrons. The molecule has 9 heteroatoms.